The second-order valence-electron chi connectivity index (χ2n) is 6.37. The van der Waals surface area contributed by atoms with Crippen molar-refractivity contribution in [3.63, 3.8) is 0 Å². The van der Waals surface area contributed by atoms with Crippen LogP contribution in [-0.2, 0) is 4.74 Å². The van der Waals surface area contributed by atoms with Gasteiger partial charge < -0.3 is 15.0 Å². The zero-order chi connectivity index (χ0) is 13.5. The summed E-state index contributed by atoms with van der Waals surface area (Å²) in [5.41, 5.74) is 5.95. The van der Waals surface area contributed by atoms with E-state index in [1.165, 1.54) is 19.4 Å². The monoisotopic (exact) mass is 278 g/mol. The predicted octanol–water partition coefficient (Wildman–Crippen LogP) is 1.20. The topological polar surface area (TPSA) is 77.4 Å². The first-order chi connectivity index (χ1) is 9.79. The zero-order valence-corrected chi connectivity index (χ0v) is 11.7. The Hall–Kier alpha value is -0.980. The second-order valence-corrected chi connectivity index (χ2v) is 6.37. The predicted molar refractivity (Wildman–Crippen MR) is 72.2 cm³/mol. The highest BCUT2D eigenvalue weighted by atomic mass is 16.5. The van der Waals surface area contributed by atoms with Crippen LogP contribution in [0.1, 0.15) is 55.8 Å². The number of nitrogens with two attached hydrogens (primary N) is 1. The minimum atomic E-state index is -0.0306. The molecule has 1 aliphatic carbocycles. The molecular weight excluding hydrogens is 256 g/mol. The van der Waals surface area contributed by atoms with Gasteiger partial charge in [-0.3, -0.25) is 4.90 Å². The summed E-state index contributed by atoms with van der Waals surface area (Å²) < 4.78 is 11.4. The molecule has 4 atom stereocenters. The van der Waals surface area contributed by atoms with Crippen molar-refractivity contribution >= 4 is 0 Å². The van der Waals surface area contributed by atoms with Crippen molar-refractivity contribution in [3.8, 4) is 0 Å². The number of nitrogens with zero attached hydrogens (tertiary/aromatic N) is 3. The minimum Gasteiger partial charge on any atom is -0.367 e. The Labute approximate surface area is 118 Å². The van der Waals surface area contributed by atoms with Crippen molar-refractivity contribution in [1.29, 1.82) is 0 Å². The normalized spacial score (nSPS) is 38.2. The molecule has 0 aromatic carbocycles. The Morgan fingerprint density at radius 2 is 2.20 bits per heavy atom. The molecule has 0 spiro atoms. The number of rotatable bonds is 2. The van der Waals surface area contributed by atoms with Crippen molar-refractivity contribution < 1.29 is 9.26 Å². The Kier molecular flexibility index (Phi) is 3.24. The third-order valence-corrected chi connectivity index (χ3v) is 4.96. The molecule has 3 fully saturated rings. The first-order valence-corrected chi connectivity index (χ1v) is 7.74. The molecule has 2 saturated heterocycles. The molecule has 2 N–H and O–H groups in total. The molecule has 3 heterocycles. The van der Waals surface area contributed by atoms with Crippen LogP contribution in [0.15, 0.2) is 4.52 Å². The SMILES string of the molecule is NC1CCC(c2nc(C3CN4CCCC4CO3)no2)C1. The highest BCUT2D eigenvalue weighted by Gasteiger charge is 2.36. The molecule has 1 saturated carbocycles. The molecule has 4 unspecified atom stereocenters. The van der Waals surface area contributed by atoms with Crippen molar-refractivity contribution in [1.82, 2.24) is 15.0 Å². The van der Waals surface area contributed by atoms with Crippen molar-refractivity contribution in [2.24, 2.45) is 5.73 Å². The van der Waals surface area contributed by atoms with Gasteiger partial charge in [0.1, 0.15) is 6.10 Å². The molecule has 20 heavy (non-hydrogen) atoms. The lowest BCUT2D eigenvalue weighted by Crippen LogP contribution is -2.42. The summed E-state index contributed by atoms with van der Waals surface area (Å²) in [6.07, 6.45) is 5.57. The number of ether oxygens (including phenoxy) is 1. The van der Waals surface area contributed by atoms with E-state index in [1.54, 1.807) is 0 Å². The van der Waals surface area contributed by atoms with Crippen LogP contribution in [-0.4, -0.2) is 46.8 Å². The molecule has 0 radical (unpaired) electrons. The average molecular weight is 278 g/mol. The fraction of sp³-hybridized carbons (Fsp3) is 0.857. The number of fused-ring (bicyclic) bond motifs is 1. The van der Waals surface area contributed by atoms with E-state index in [-0.39, 0.29) is 12.1 Å². The van der Waals surface area contributed by atoms with Crippen LogP contribution in [0.3, 0.4) is 0 Å². The van der Waals surface area contributed by atoms with Crippen LogP contribution in [0.2, 0.25) is 0 Å². The lowest BCUT2D eigenvalue weighted by molar-refractivity contribution is -0.0548. The lowest BCUT2D eigenvalue weighted by atomic mass is 10.1. The van der Waals surface area contributed by atoms with E-state index < -0.39 is 0 Å². The largest absolute Gasteiger partial charge is 0.367 e. The highest BCUT2D eigenvalue weighted by molar-refractivity contribution is 5.02. The van der Waals surface area contributed by atoms with Crippen LogP contribution in [0.25, 0.3) is 0 Å². The summed E-state index contributed by atoms with van der Waals surface area (Å²) in [4.78, 5) is 7.08. The quantitative estimate of drug-likeness (QED) is 0.876. The number of morpholine rings is 1. The fourth-order valence-electron chi connectivity index (χ4n) is 3.76. The standard InChI is InChI=1S/C14H22N4O2/c15-10-4-3-9(6-10)14-16-13(17-20-14)12-7-18-5-1-2-11(18)8-19-12/h9-12H,1-8,15H2. The second kappa shape index (κ2) is 5.09. The molecule has 2 aliphatic heterocycles. The maximum atomic E-state index is 5.95. The van der Waals surface area contributed by atoms with E-state index >= 15 is 0 Å². The van der Waals surface area contributed by atoms with E-state index in [4.69, 9.17) is 15.0 Å². The lowest BCUT2D eigenvalue weighted by Gasteiger charge is -2.33. The van der Waals surface area contributed by atoms with Gasteiger partial charge in [-0.05, 0) is 38.6 Å². The average Bonchev–Trinajstić information content (AvgIpc) is 3.17. The van der Waals surface area contributed by atoms with Crippen molar-refractivity contribution in [2.75, 3.05) is 19.7 Å². The van der Waals surface area contributed by atoms with E-state index in [0.717, 1.165) is 38.3 Å². The fourth-order valence-corrected chi connectivity index (χ4v) is 3.76. The summed E-state index contributed by atoms with van der Waals surface area (Å²) in [6.45, 7) is 2.86. The number of aromatic nitrogens is 2. The smallest absolute Gasteiger partial charge is 0.229 e. The van der Waals surface area contributed by atoms with Gasteiger partial charge >= 0.3 is 0 Å². The van der Waals surface area contributed by atoms with Crippen LogP contribution >= 0.6 is 0 Å². The van der Waals surface area contributed by atoms with Crippen LogP contribution < -0.4 is 5.73 Å². The van der Waals surface area contributed by atoms with E-state index in [9.17, 15) is 0 Å². The van der Waals surface area contributed by atoms with Crippen molar-refractivity contribution in [3.05, 3.63) is 11.7 Å². The maximum absolute atomic E-state index is 5.95. The Bertz CT molecular complexity index is 477. The summed E-state index contributed by atoms with van der Waals surface area (Å²) in [7, 11) is 0. The van der Waals surface area contributed by atoms with E-state index in [2.05, 4.69) is 15.0 Å². The molecule has 0 amide bonds. The third-order valence-electron chi connectivity index (χ3n) is 4.96. The maximum Gasteiger partial charge on any atom is 0.229 e. The summed E-state index contributed by atoms with van der Waals surface area (Å²) in [5.74, 6) is 1.81. The van der Waals surface area contributed by atoms with Gasteiger partial charge in [-0.15, -0.1) is 0 Å². The molecule has 4 rings (SSSR count). The number of hydrogen-bond acceptors (Lipinski definition) is 6. The summed E-state index contributed by atoms with van der Waals surface area (Å²) in [6, 6.07) is 0.886. The molecule has 3 aliphatic rings. The molecule has 6 heteroatoms. The summed E-state index contributed by atoms with van der Waals surface area (Å²) >= 11 is 0. The Balaban J connectivity index is 1.45. The van der Waals surface area contributed by atoms with Gasteiger partial charge in [0.2, 0.25) is 11.7 Å². The third kappa shape index (κ3) is 2.25. The molecule has 0 bridgehead atoms. The van der Waals surface area contributed by atoms with E-state index in [1.807, 2.05) is 0 Å². The van der Waals surface area contributed by atoms with Gasteiger partial charge in [0.05, 0.1) is 6.61 Å². The van der Waals surface area contributed by atoms with Gasteiger partial charge in [-0.2, -0.15) is 4.98 Å². The minimum absolute atomic E-state index is 0.0306. The van der Waals surface area contributed by atoms with Crippen molar-refractivity contribution in [2.45, 2.75) is 56.2 Å². The van der Waals surface area contributed by atoms with Gasteiger partial charge in [-0.1, -0.05) is 5.16 Å². The highest BCUT2D eigenvalue weighted by Crippen LogP contribution is 2.34. The van der Waals surface area contributed by atoms with Gasteiger partial charge in [0.15, 0.2) is 0 Å². The van der Waals surface area contributed by atoms with Crippen LogP contribution in [0.4, 0.5) is 0 Å². The Morgan fingerprint density at radius 3 is 3.05 bits per heavy atom. The number of hydrogen-bond donors (Lipinski definition) is 1. The molecule has 110 valence electrons. The first kappa shape index (κ1) is 12.7. The molecular formula is C14H22N4O2. The van der Waals surface area contributed by atoms with E-state index in [0.29, 0.717) is 17.8 Å². The molecule has 1 aromatic rings. The molecule has 1 aromatic heterocycles. The molecule has 6 nitrogen and oxygen atoms in total. The summed E-state index contributed by atoms with van der Waals surface area (Å²) in [5, 5.41) is 4.15. The van der Waals surface area contributed by atoms with Crippen LogP contribution in [0, 0.1) is 0 Å². The van der Waals surface area contributed by atoms with Gasteiger partial charge in [0, 0.05) is 24.5 Å². The zero-order valence-electron chi connectivity index (χ0n) is 11.7. The Morgan fingerprint density at radius 1 is 1.25 bits per heavy atom. The van der Waals surface area contributed by atoms with Gasteiger partial charge in [0.25, 0.3) is 0 Å². The first-order valence-electron chi connectivity index (χ1n) is 7.74. The van der Waals surface area contributed by atoms with Crippen LogP contribution in [0.5, 0.6) is 0 Å². The van der Waals surface area contributed by atoms with Gasteiger partial charge in [-0.25, -0.2) is 0 Å².